The number of ether oxygens (including phenoxy) is 1. The lowest BCUT2D eigenvalue weighted by Gasteiger charge is -2.29. The predicted octanol–water partition coefficient (Wildman–Crippen LogP) is 4.63. The van der Waals surface area contributed by atoms with Crippen molar-refractivity contribution in [2.24, 2.45) is 0 Å². The second-order valence-corrected chi connectivity index (χ2v) is 8.13. The summed E-state index contributed by atoms with van der Waals surface area (Å²) in [5.74, 6) is 0.923. The van der Waals surface area contributed by atoms with Gasteiger partial charge >= 0.3 is 0 Å². The first kappa shape index (κ1) is 18.6. The Labute approximate surface area is 171 Å². The van der Waals surface area contributed by atoms with Crippen molar-refractivity contribution >= 4 is 34.7 Å². The minimum absolute atomic E-state index is 0.118. The zero-order valence-electron chi connectivity index (χ0n) is 15.5. The molecule has 28 heavy (non-hydrogen) atoms. The third-order valence-corrected chi connectivity index (χ3v) is 6.19. The van der Waals surface area contributed by atoms with Crippen LogP contribution in [0.1, 0.15) is 23.6 Å². The lowest BCUT2D eigenvalue weighted by molar-refractivity contribution is -0.118. The van der Waals surface area contributed by atoms with E-state index in [1.54, 1.807) is 22.3 Å². The molecule has 0 N–H and O–H groups in total. The van der Waals surface area contributed by atoms with Gasteiger partial charge in [0, 0.05) is 18.2 Å². The van der Waals surface area contributed by atoms with Gasteiger partial charge in [-0.2, -0.15) is 4.98 Å². The third kappa shape index (κ3) is 3.29. The Bertz CT molecular complexity index is 1050. The highest BCUT2D eigenvalue weighted by molar-refractivity contribution is 7.99. The van der Waals surface area contributed by atoms with Crippen LogP contribution in [0.5, 0.6) is 5.88 Å². The van der Waals surface area contributed by atoms with Crippen LogP contribution in [-0.4, -0.2) is 26.8 Å². The minimum atomic E-state index is -0.617. The van der Waals surface area contributed by atoms with Crippen molar-refractivity contribution in [2.75, 3.05) is 10.7 Å². The van der Waals surface area contributed by atoms with E-state index in [4.69, 9.17) is 4.74 Å². The van der Waals surface area contributed by atoms with Crippen LogP contribution in [0, 0.1) is 6.92 Å². The molecule has 0 saturated carbocycles. The fourth-order valence-corrected chi connectivity index (χ4v) is 4.51. The summed E-state index contributed by atoms with van der Waals surface area (Å²) in [5.41, 5.74) is 3.09. The number of carbonyl (C=O) groups is 1. The molecule has 0 fully saturated rings. The van der Waals surface area contributed by atoms with Gasteiger partial charge in [-0.3, -0.25) is 9.69 Å². The van der Waals surface area contributed by atoms with Gasteiger partial charge in [-0.1, -0.05) is 36.0 Å². The first-order chi connectivity index (χ1) is 13.6. The largest absolute Gasteiger partial charge is 0.446 e. The Morgan fingerprint density at radius 1 is 1.36 bits per heavy atom. The number of aryl methyl sites for hydroxylation is 1. The molecule has 0 aliphatic carbocycles. The molecule has 0 saturated heterocycles. The number of benzene rings is 1. The summed E-state index contributed by atoms with van der Waals surface area (Å²) in [5, 5.41) is 11.1. The number of para-hydroxylation sites is 1. The first-order valence-electron chi connectivity index (χ1n) is 8.68. The predicted molar refractivity (Wildman–Crippen MR) is 112 cm³/mol. The zero-order chi connectivity index (χ0) is 19.7. The summed E-state index contributed by atoms with van der Waals surface area (Å²) in [6.45, 7) is 7.27. The molecule has 0 radical (unpaired) electrons. The molecule has 6 nitrogen and oxygen atoms in total. The number of hydrogen-bond donors (Lipinski definition) is 0. The van der Waals surface area contributed by atoms with Crippen LogP contribution in [0.3, 0.4) is 0 Å². The van der Waals surface area contributed by atoms with Gasteiger partial charge in [0.2, 0.25) is 23.2 Å². The van der Waals surface area contributed by atoms with Crippen molar-refractivity contribution in [3.05, 3.63) is 58.8 Å². The molecule has 0 unspecified atom stereocenters. The van der Waals surface area contributed by atoms with Gasteiger partial charge in [0.25, 0.3) is 0 Å². The van der Waals surface area contributed by atoms with Crippen LogP contribution in [0.15, 0.2) is 53.5 Å². The normalized spacial score (nSPS) is 15.2. The van der Waals surface area contributed by atoms with E-state index in [0.29, 0.717) is 22.5 Å². The van der Waals surface area contributed by atoms with Crippen LogP contribution in [0.4, 0.5) is 5.69 Å². The number of aromatic nitrogens is 3. The molecule has 8 heteroatoms. The number of fused-ring (bicyclic) bond motifs is 3. The van der Waals surface area contributed by atoms with Crippen molar-refractivity contribution in [1.82, 2.24) is 15.2 Å². The van der Waals surface area contributed by atoms with Gasteiger partial charge in [-0.15, -0.1) is 28.1 Å². The van der Waals surface area contributed by atoms with Crippen molar-refractivity contribution < 1.29 is 9.53 Å². The van der Waals surface area contributed by atoms with Gasteiger partial charge in [0.1, 0.15) is 0 Å². The molecule has 1 aromatic carbocycles. The molecule has 3 heterocycles. The maximum absolute atomic E-state index is 12.7. The van der Waals surface area contributed by atoms with E-state index < -0.39 is 6.23 Å². The van der Waals surface area contributed by atoms with Gasteiger partial charge in [0.05, 0.1) is 10.6 Å². The van der Waals surface area contributed by atoms with Crippen molar-refractivity contribution in [1.29, 1.82) is 0 Å². The van der Waals surface area contributed by atoms with E-state index >= 15 is 0 Å². The molecule has 1 atom stereocenters. The Kier molecular flexibility index (Phi) is 5.15. The molecule has 2 aromatic heterocycles. The number of anilines is 1. The fraction of sp³-hybridized carbons (Fsp3) is 0.200. The quantitative estimate of drug-likeness (QED) is 0.461. The molecule has 0 spiro atoms. The average molecular weight is 411 g/mol. The summed E-state index contributed by atoms with van der Waals surface area (Å²) in [6, 6.07) is 9.62. The van der Waals surface area contributed by atoms with Crippen LogP contribution >= 0.6 is 23.1 Å². The van der Waals surface area contributed by atoms with Crippen LogP contribution in [0.2, 0.25) is 0 Å². The van der Waals surface area contributed by atoms with Crippen molar-refractivity contribution in [3.63, 3.8) is 0 Å². The maximum atomic E-state index is 12.7. The van der Waals surface area contributed by atoms with Crippen LogP contribution in [0.25, 0.3) is 11.3 Å². The van der Waals surface area contributed by atoms with Crippen molar-refractivity contribution in [3.8, 4) is 17.1 Å². The van der Waals surface area contributed by atoms with Crippen molar-refractivity contribution in [2.45, 2.75) is 25.2 Å². The Morgan fingerprint density at radius 3 is 2.89 bits per heavy atom. The summed E-state index contributed by atoms with van der Waals surface area (Å²) < 4.78 is 6.32. The average Bonchev–Trinajstić information content (AvgIpc) is 3.05. The SMILES string of the molecule is C=CCSc1nnc2c(n1)O[C@H](c1sccc1C)N(C(C)=O)c1ccccc1-2. The Balaban J connectivity index is 1.92. The number of amides is 1. The monoisotopic (exact) mass is 410 g/mol. The minimum Gasteiger partial charge on any atom is -0.446 e. The maximum Gasteiger partial charge on any atom is 0.247 e. The van der Waals surface area contributed by atoms with Gasteiger partial charge in [-0.05, 0) is 30.0 Å². The summed E-state index contributed by atoms with van der Waals surface area (Å²) in [4.78, 5) is 19.9. The van der Waals surface area contributed by atoms with Gasteiger partial charge < -0.3 is 4.74 Å². The number of nitrogens with zero attached hydrogens (tertiary/aromatic N) is 4. The number of hydrogen-bond acceptors (Lipinski definition) is 7. The summed E-state index contributed by atoms with van der Waals surface area (Å²) >= 11 is 2.98. The Hall–Kier alpha value is -2.71. The van der Waals surface area contributed by atoms with E-state index in [1.807, 2.05) is 42.6 Å². The molecule has 142 valence electrons. The van der Waals surface area contributed by atoms with Crippen LogP contribution < -0.4 is 9.64 Å². The fourth-order valence-electron chi connectivity index (χ4n) is 3.06. The first-order valence-corrected chi connectivity index (χ1v) is 10.5. The van der Waals surface area contributed by atoms with E-state index in [0.717, 1.165) is 21.7 Å². The zero-order valence-corrected chi connectivity index (χ0v) is 17.1. The van der Waals surface area contributed by atoms with E-state index in [2.05, 4.69) is 21.8 Å². The summed E-state index contributed by atoms with van der Waals surface area (Å²) in [7, 11) is 0. The van der Waals surface area contributed by atoms with Gasteiger partial charge in [-0.25, -0.2) is 0 Å². The summed E-state index contributed by atoms with van der Waals surface area (Å²) in [6.07, 6.45) is 1.17. The smallest absolute Gasteiger partial charge is 0.247 e. The highest BCUT2D eigenvalue weighted by atomic mass is 32.2. The van der Waals surface area contributed by atoms with Gasteiger partial charge in [0.15, 0.2) is 5.69 Å². The Morgan fingerprint density at radius 2 is 2.18 bits per heavy atom. The highest BCUT2D eigenvalue weighted by Gasteiger charge is 2.35. The lowest BCUT2D eigenvalue weighted by atomic mass is 10.1. The second-order valence-electron chi connectivity index (χ2n) is 6.19. The molecule has 3 aromatic rings. The van der Waals surface area contributed by atoms with Crippen LogP contribution in [-0.2, 0) is 4.79 Å². The molecule has 1 aliphatic heterocycles. The van der Waals surface area contributed by atoms with E-state index in [-0.39, 0.29) is 5.91 Å². The molecule has 1 amide bonds. The number of thioether (sulfide) groups is 1. The third-order valence-electron chi connectivity index (χ3n) is 4.31. The lowest BCUT2D eigenvalue weighted by Crippen LogP contribution is -2.35. The topological polar surface area (TPSA) is 68.2 Å². The highest BCUT2D eigenvalue weighted by Crippen LogP contribution is 2.44. The standard InChI is InChI=1S/C20H18N4O2S2/c1-4-10-28-20-21-18-16(22-23-20)14-7-5-6-8-15(14)24(13(3)25)19(26-18)17-12(2)9-11-27-17/h4-9,11,19H,1,10H2,2-3H3/t19-/m1/s1. The second kappa shape index (κ2) is 7.73. The molecular formula is C20H18N4O2S2. The number of carbonyl (C=O) groups excluding carboxylic acids is 1. The molecular weight excluding hydrogens is 392 g/mol. The number of rotatable bonds is 4. The number of thiophene rings is 1. The molecule has 1 aliphatic rings. The van der Waals surface area contributed by atoms with E-state index in [1.165, 1.54) is 18.7 Å². The van der Waals surface area contributed by atoms with E-state index in [9.17, 15) is 4.79 Å². The molecule has 0 bridgehead atoms. The molecule has 4 rings (SSSR count).